The topological polar surface area (TPSA) is 114 Å². The number of ether oxygens (including phenoxy) is 2. The molecule has 0 unspecified atom stereocenters. The van der Waals surface area contributed by atoms with Crippen LogP contribution in [0.1, 0.15) is 107 Å². The van der Waals surface area contributed by atoms with Gasteiger partial charge >= 0.3 is 6.09 Å². The lowest BCUT2D eigenvalue weighted by Gasteiger charge is -2.55. The molecule has 0 spiro atoms. The van der Waals surface area contributed by atoms with Gasteiger partial charge in [-0.15, -0.1) is 11.3 Å². The van der Waals surface area contributed by atoms with E-state index in [0.29, 0.717) is 56.9 Å². The number of thiazole rings is 1. The number of nitrogens with zero attached hydrogens (tertiary/aromatic N) is 3. The van der Waals surface area contributed by atoms with Crippen molar-refractivity contribution in [2.45, 2.75) is 109 Å². The van der Waals surface area contributed by atoms with Crippen molar-refractivity contribution in [3.8, 4) is 16.2 Å². The van der Waals surface area contributed by atoms with E-state index in [1.54, 1.807) is 18.4 Å². The van der Waals surface area contributed by atoms with E-state index in [0.717, 1.165) is 59.7 Å². The summed E-state index contributed by atoms with van der Waals surface area (Å²) in [5, 5.41) is 12.8. The van der Waals surface area contributed by atoms with E-state index in [1.165, 1.54) is 11.1 Å². The molecule has 3 aromatic rings. The average Bonchev–Trinajstić information content (AvgIpc) is 3.63. The van der Waals surface area contributed by atoms with Crippen LogP contribution in [0, 0.1) is 18.3 Å². The highest BCUT2D eigenvalue weighted by molar-refractivity contribution is 7.15. The van der Waals surface area contributed by atoms with Crippen LogP contribution < -0.4 is 15.0 Å². The van der Waals surface area contributed by atoms with Crippen molar-refractivity contribution < 1.29 is 24.2 Å². The Morgan fingerprint density at radius 3 is 2.41 bits per heavy atom. The second kappa shape index (κ2) is 15.2. The van der Waals surface area contributed by atoms with Crippen LogP contribution in [0.25, 0.3) is 10.4 Å². The summed E-state index contributed by atoms with van der Waals surface area (Å²) >= 11 is 1.70. The number of rotatable bonds is 12. The van der Waals surface area contributed by atoms with E-state index in [4.69, 9.17) is 19.6 Å². The van der Waals surface area contributed by atoms with Gasteiger partial charge in [-0.25, -0.2) is 14.8 Å². The third kappa shape index (κ3) is 7.80. The molecule has 264 valence electrons. The number of pyridine rings is 1. The molecule has 4 aliphatic rings. The number of carbonyl (C=O) groups is 2. The van der Waals surface area contributed by atoms with E-state index < -0.39 is 6.09 Å². The van der Waals surface area contributed by atoms with Crippen LogP contribution in [0.5, 0.6) is 5.75 Å². The summed E-state index contributed by atoms with van der Waals surface area (Å²) < 4.78 is 11.2. The van der Waals surface area contributed by atoms with Crippen molar-refractivity contribution in [3.05, 3.63) is 58.9 Å². The quantitative estimate of drug-likeness (QED) is 0.186. The van der Waals surface area contributed by atoms with E-state index in [2.05, 4.69) is 55.3 Å². The lowest BCUT2D eigenvalue weighted by atomic mass is 9.51. The predicted molar refractivity (Wildman–Crippen MR) is 193 cm³/mol. The van der Waals surface area contributed by atoms with E-state index in [9.17, 15) is 9.59 Å². The molecular weight excluding hydrogens is 637 g/mol. The Morgan fingerprint density at radius 2 is 1.78 bits per heavy atom. The fourth-order valence-corrected chi connectivity index (χ4v) is 9.18. The molecule has 1 aromatic carbocycles. The van der Waals surface area contributed by atoms with Gasteiger partial charge in [0.2, 0.25) is 5.91 Å². The fraction of sp³-hybridized carbons (Fsp3) is 0.590. The molecule has 4 saturated carbocycles. The molecule has 7 rings (SSSR count). The Hall–Kier alpha value is -3.50. The van der Waals surface area contributed by atoms with E-state index in [1.807, 2.05) is 23.4 Å². The number of hydrogen-bond acceptors (Lipinski definition) is 8. The zero-order valence-corrected chi connectivity index (χ0v) is 30.3. The first-order valence-corrected chi connectivity index (χ1v) is 18.9. The van der Waals surface area contributed by atoms with E-state index in [-0.39, 0.29) is 35.4 Å². The maximum atomic E-state index is 14.6. The van der Waals surface area contributed by atoms with Crippen LogP contribution in [-0.4, -0.2) is 60.0 Å². The number of aromatic nitrogens is 2. The minimum Gasteiger partial charge on any atom is -0.496 e. The number of nitrogens with one attached hydrogen (secondary N) is 1. The summed E-state index contributed by atoms with van der Waals surface area (Å²) in [5.74, 6) is 1.99. The van der Waals surface area contributed by atoms with Gasteiger partial charge in [0.1, 0.15) is 17.7 Å². The van der Waals surface area contributed by atoms with Gasteiger partial charge in [-0.1, -0.05) is 26.0 Å². The first-order chi connectivity index (χ1) is 23.6. The lowest BCUT2D eigenvalue weighted by molar-refractivity contribution is -0.124. The molecule has 4 aliphatic carbocycles. The lowest BCUT2D eigenvalue weighted by Crippen LogP contribution is -2.52. The molecule has 2 N–H and O–H groups in total. The second-order valence-corrected chi connectivity index (χ2v) is 16.0. The Balaban J connectivity index is 1.20. The molecule has 0 aliphatic heterocycles. The number of aliphatic hydroxyl groups is 1. The van der Waals surface area contributed by atoms with Crippen LogP contribution in [0.2, 0.25) is 0 Å². The molecule has 10 heteroatoms. The maximum absolute atomic E-state index is 14.6. The van der Waals surface area contributed by atoms with Crippen LogP contribution in [0.15, 0.2) is 42.7 Å². The Kier molecular flexibility index (Phi) is 10.9. The zero-order valence-electron chi connectivity index (χ0n) is 29.5. The van der Waals surface area contributed by atoms with Crippen molar-refractivity contribution in [2.24, 2.45) is 11.3 Å². The van der Waals surface area contributed by atoms with Crippen molar-refractivity contribution in [1.29, 1.82) is 0 Å². The summed E-state index contributed by atoms with van der Waals surface area (Å²) in [6.45, 7) is 7.51. The van der Waals surface area contributed by atoms with Crippen LogP contribution in [0.3, 0.4) is 0 Å². The van der Waals surface area contributed by atoms with Crippen LogP contribution in [-0.2, 0) is 14.9 Å². The van der Waals surface area contributed by atoms with Crippen molar-refractivity contribution >= 4 is 29.2 Å². The Bertz CT molecular complexity index is 1590. The predicted octanol–water partition coefficient (Wildman–Crippen LogP) is 7.94. The SMILES string of the molecule is COc1ccc(C23CCC(CN(C(=O)C4CCC(OC(=O)NCCCO)CC4)c4cc(-c5cnc(C(C)C)s5)ccn4)(CC2)CC3)cc1C. The van der Waals surface area contributed by atoms with Crippen LogP contribution >= 0.6 is 11.3 Å². The zero-order chi connectivity index (χ0) is 34.6. The summed E-state index contributed by atoms with van der Waals surface area (Å²) in [4.78, 5) is 39.4. The van der Waals surface area contributed by atoms with Crippen LogP contribution in [0.4, 0.5) is 10.6 Å². The molecule has 0 saturated heterocycles. The summed E-state index contributed by atoms with van der Waals surface area (Å²) in [6, 6.07) is 10.8. The highest BCUT2D eigenvalue weighted by Crippen LogP contribution is 2.58. The highest BCUT2D eigenvalue weighted by Gasteiger charge is 2.51. The summed E-state index contributed by atoms with van der Waals surface area (Å²) in [6.07, 6.45) is 12.9. The Labute approximate surface area is 294 Å². The third-order valence-electron chi connectivity index (χ3n) is 11.4. The summed E-state index contributed by atoms with van der Waals surface area (Å²) in [5.41, 5.74) is 3.89. The Morgan fingerprint density at radius 1 is 1.04 bits per heavy atom. The number of fused-ring (bicyclic) bond motifs is 3. The largest absolute Gasteiger partial charge is 0.496 e. The third-order valence-corrected chi connectivity index (χ3v) is 12.7. The van der Waals surface area contributed by atoms with Gasteiger partial charge < -0.3 is 19.9 Å². The van der Waals surface area contributed by atoms with Gasteiger partial charge in [0.25, 0.3) is 0 Å². The molecule has 2 bridgehead atoms. The average molecular weight is 689 g/mol. The molecule has 49 heavy (non-hydrogen) atoms. The number of aryl methyl sites for hydroxylation is 1. The molecule has 2 amide bonds. The van der Waals surface area contributed by atoms with Gasteiger partial charge in [0.05, 0.1) is 17.0 Å². The number of alkyl carbamates (subject to hydrolysis) is 1. The molecule has 2 aromatic heterocycles. The van der Waals surface area contributed by atoms with Gasteiger partial charge in [0, 0.05) is 43.9 Å². The number of carbonyl (C=O) groups excluding carboxylic acids is 2. The number of benzene rings is 1. The highest BCUT2D eigenvalue weighted by atomic mass is 32.1. The molecule has 4 fully saturated rings. The number of methoxy groups -OCH3 is 1. The van der Waals surface area contributed by atoms with Crippen molar-refractivity contribution in [3.63, 3.8) is 0 Å². The smallest absolute Gasteiger partial charge is 0.407 e. The van der Waals surface area contributed by atoms with Crippen molar-refractivity contribution in [1.82, 2.24) is 15.3 Å². The molecule has 0 atom stereocenters. The number of aliphatic hydroxyl groups excluding tert-OH is 1. The van der Waals surface area contributed by atoms with Crippen molar-refractivity contribution in [2.75, 3.05) is 31.7 Å². The number of amides is 2. The molecule has 2 heterocycles. The van der Waals surface area contributed by atoms with Gasteiger partial charge in [-0.3, -0.25) is 9.69 Å². The fourth-order valence-electron chi connectivity index (χ4n) is 8.27. The van der Waals surface area contributed by atoms with Gasteiger partial charge in [0.15, 0.2) is 0 Å². The normalized spacial score (nSPS) is 24.9. The standard InChI is InChI=1S/C39H52N4O5S/c1-26(2)35-42-24-33(49-35)29-12-20-40-34(23-29)43(36(45)28-6-9-31(10-7-28)48-37(46)41-19-5-21-44)25-38-13-16-39(17-14-38,18-15-38)30-8-11-32(47-4)27(3)22-30/h8,11-12,20,22-24,26,28,31,44H,5-7,9-10,13-19,21,25H2,1-4H3,(H,41,46). The van der Waals surface area contributed by atoms with Gasteiger partial charge in [-0.05, 0) is 123 Å². The molecular formula is C39H52N4O5S. The first-order valence-electron chi connectivity index (χ1n) is 18.1. The monoisotopic (exact) mass is 688 g/mol. The van der Waals surface area contributed by atoms with E-state index >= 15 is 0 Å². The van der Waals surface area contributed by atoms with Gasteiger partial charge in [-0.2, -0.15) is 0 Å². The maximum Gasteiger partial charge on any atom is 0.407 e. The minimum absolute atomic E-state index is 0.0233. The second-order valence-electron chi connectivity index (χ2n) is 14.9. The number of anilines is 1. The minimum atomic E-state index is -0.455. The molecule has 9 nitrogen and oxygen atoms in total. The number of hydrogen-bond donors (Lipinski definition) is 2. The first kappa shape index (κ1) is 35.3. The summed E-state index contributed by atoms with van der Waals surface area (Å²) in [7, 11) is 1.73. The molecule has 0 radical (unpaired) electrons.